The van der Waals surface area contributed by atoms with Crippen molar-refractivity contribution in [3.8, 4) is 0 Å². The number of amides is 8. The molecule has 0 aromatic carbocycles. The van der Waals surface area contributed by atoms with Gasteiger partial charge in [0.1, 0.15) is 42.8 Å². The van der Waals surface area contributed by atoms with Crippen molar-refractivity contribution in [1.82, 2.24) is 42.5 Å². The average molecular weight is 746 g/mol. The number of carbonyl (C=O) groups is 9. The second kappa shape index (κ2) is 22.8. The Hall–Kier alpha value is -4.89. The summed E-state index contributed by atoms with van der Waals surface area (Å²) in [6, 6.07) is -8.77. The monoisotopic (exact) mass is 745 g/mol. The highest BCUT2D eigenvalue weighted by molar-refractivity contribution is 5.97. The van der Waals surface area contributed by atoms with Gasteiger partial charge in [0.25, 0.3) is 0 Å². The number of nitrogens with two attached hydrogens (primary N) is 1. The predicted octanol–water partition coefficient (Wildman–Crippen LogP) is -5.33. The molecule has 0 heterocycles. The molecule has 0 aliphatic heterocycles. The van der Waals surface area contributed by atoms with E-state index in [4.69, 9.17) is 10.8 Å². The van der Waals surface area contributed by atoms with Crippen LogP contribution in [-0.2, 0) is 43.2 Å². The number of aliphatic carboxylic acids is 1. The zero-order chi connectivity index (χ0) is 40.5. The smallest absolute Gasteiger partial charge is 0.322 e. The summed E-state index contributed by atoms with van der Waals surface area (Å²) in [6.07, 6.45) is -1.34. The number of nitrogens with one attached hydrogen (secondary N) is 8. The van der Waals surface area contributed by atoms with Crippen LogP contribution < -0.4 is 48.3 Å². The second-order valence-corrected chi connectivity index (χ2v) is 13.0. The van der Waals surface area contributed by atoms with Gasteiger partial charge in [-0.2, -0.15) is 0 Å². The molecule has 0 rings (SSSR count). The summed E-state index contributed by atoms with van der Waals surface area (Å²) in [5, 5.41) is 47.2. The summed E-state index contributed by atoms with van der Waals surface area (Å²) in [7, 11) is 0. The van der Waals surface area contributed by atoms with Crippen LogP contribution in [0.1, 0.15) is 61.8 Å². The lowest BCUT2D eigenvalue weighted by atomic mass is 10.0. The van der Waals surface area contributed by atoms with Gasteiger partial charge in [0.15, 0.2) is 0 Å². The van der Waals surface area contributed by atoms with Crippen LogP contribution in [0, 0.1) is 11.8 Å². The number of carbonyl (C=O) groups excluding carboxylic acids is 8. The minimum Gasteiger partial charge on any atom is -0.480 e. The lowest BCUT2D eigenvalue weighted by molar-refractivity contribution is -0.138. The van der Waals surface area contributed by atoms with Gasteiger partial charge in [0, 0.05) is 0 Å². The van der Waals surface area contributed by atoms with Crippen LogP contribution in [-0.4, -0.2) is 137 Å². The minimum absolute atomic E-state index is 0.0915. The van der Waals surface area contributed by atoms with E-state index in [1.807, 2.05) is 0 Å². The SMILES string of the molecule is CC(C)C[C@H](NC(=O)[C@H](CO)NC(=O)CNC(=O)[C@@H](NC(=O)[C@@H](NC(=O)[C@H](C)NC(=O)[C@H](C)N)[C@@H](C)O)C(C)C)C(=O)N[C@@H](C)C(=O)NCC(=O)O. The number of rotatable bonds is 22. The number of hydrogen-bond acceptors (Lipinski definition) is 12. The lowest BCUT2D eigenvalue weighted by Gasteiger charge is -2.27. The minimum atomic E-state index is -1.57. The maximum Gasteiger partial charge on any atom is 0.322 e. The van der Waals surface area contributed by atoms with Crippen molar-refractivity contribution in [2.75, 3.05) is 19.7 Å². The third-order valence-corrected chi connectivity index (χ3v) is 7.24. The molecule has 21 nitrogen and oxygen atoms in total. The molecule has 0 unspecified atom stereocenters. The number of carboxylic acid groups (broad SMARTS) is 1. The Labute approximate surface area is 301 Å². The van der Waals surface area contributed by atoms with E-state index in [0.717, 1.165) is 0 Å². The van der Waals surface area contributed by atoms with Gasteiger partial charge >= 0.3 is 5.97 Å². The van der Waals surface area contributed by atoms with E-state index in [2.05, 4.69) is 42.5 Å². The number of aliphatic hydroxyl groups excluding tert-OH is 2. The fourth-order valence-electron chi connectivity index (χ4n) is 4.26. The second-order valence-electron chi connectivity index (χ2n) is 13.0. The standard InChI is InChI=1S/C31H55N9O12/c1-13(2)9-19(28(49)36-16(6)26(47)34-11-22(44)45)38-29(50)20(12-41)37-21(43)10-33-30(51)23(14(3)4)39-31(52)24(18(8)42)40-27(48)17(7)35-25(46)15(5)32/h13-20,23-24,41-42H,9-12,32H2,1-8H3,(H,33,51)(H,34,47)(H,35,46)(H,36,49)(H,37,43)(H,38,50)(H,39,52)(H,40,48)(H,44,45)/t15-,16-,17-,18+,19-,20-,23-,24-/m0/s1. The molecular formula is C31H55N9O12. The van der Waals surface area contributed by atoms with Crippen molar-refractivity contribution in [1.29, 1.82) is 0 Å². The van der Waals surface area contributed by atoms with Gasteiger partial charge in [0.05, 0.1) is 25.3 Å². The van der Waals surface area contributed by atoms with E-state index in [9.17, 15) is 53.4 Å². The van der Waals surface area contributed by atoms with Crippen LogP contribution in [0.5, 0.6) is 0 Å². The van der Waals surface area contributed by atoms with E-state index >= 15 is 0 Å². The Balaban J connectivity index is 5.44. The van der Waals surface area contributed by atoms with Crippen LogP contribution in [0.4, 0.5) is 0 Å². The molecule has 21 heteroatoms. The number of carboxylic acids is 1. The first-order valence-electron chi connectivity index (χ1n) is 16.6. The van der Waals surface area contributed by atoms with Gasteiger partial charge in [-0.1, -0.05) is 27.7 Å². The molecule has 0 aromatic heterocycles. The summed E-state index contributed by atoms with van der Waals surface area (Å²) in [5.74, 6) is -8.67. The maximum atomic E-state index is 13.0. The van der Waals surface area contributed by atoms with E-state index in [1.54, 1.807) is 27.7 Å². The van der Waals surface area contributed by atoms with Gasteiger partial charge in [-0.25, -0.2) is 0 Å². The molecule has 0 bridgehead atoms. The zero-order valence-electron chi connectivity index (χ0n) is 30.7. The molecule has 0 radical (unpaired) electrons. The molecule has 0 aliphatic rings. The Morgan fingerprint density at radius 1 is 0.558 bits per heavy atom. The van der Waals surface area contributed by atoms with Crippen molar-refractivity contribution < 1.29 is 58.5 Å². The normalized spacial score (nSPS) is 15.6. The Morgan fingerprint density at radius 3 is 1.54 bits per heavy atom. The highest BCUT2D eigenvalue weighted by Crippen LogP contribution is 2.07. The molecule has 0 aromatic rings. The fourth-order valence-corrected chi connectivity index (χ4v) is 4.26. The van der Waals surface area contributed by atoms with Crippen LogP contribution in [0.2, 0.25) is 0 Å². The predicted molar refractivity (Wildman–Crippen MR) is 183 cm³/mol. The first-order valence-corrected chi connectivity index (χ1v) is 16.6. The first kappa shape index (κ1) is 47.1. The van der Waals surface area contributed by atoms with Gasteiger partial charge in [-0.15, -0.1) is 0 Å². The van der Waals surface area contributed by atoms with Crippen molar-refractivity contribution >= 4 is 53.2 Å². The van der Waals surface area contributed by atoms with Crippen molar-refractivity contribution in [2.24, 2.45) is 17.6 Å². The summed E-state index contributed by atoms with van der Waals surface area (Å²) in [5.41, 5.74) is 5.48. The molecule has 0 saturated carbocycles. The van der Waals surface area contributed by atoms with Crippen LogP contribution in [0.25, 0.3) is 0 Å². The average Bonchev–Trinajstić information content (AvgIpc) is 3.04. The van der Waals surface area contributed by atoms with Crippen LogP contribution in [0.15, 0.2) is 0 Å². The van der Waals surface area contributed by atoms with Gasteiger partial charge < -0.3 is 63.6 Å². The summed E-state index contributed by atoms with van der Waals surface area (Å²) < 4.78 is 0. The van der Waals surface area contributed by atoms with Crippen molar-refractivity contribution in [3.63, 3.8) is 0 Å². The molecule has 0 spiro atoms. The first-order chi connectivity index (χ1) is 24.0. The van der Waals surface area contributed by atoms with E-state index < -0.39 is 127 Å². The fraction of sp³-hybridized carbons (Fsp3) is 0.710. The zero-order valence-corrected chi connectivity index (χ0v) is 30.7. The summed E-state index contributed by atoms with van der Waals surface area (Å²) in [4.78, 5) is 112. The highest BCUT2D eigenvalue weighted by Gasteiger charge is 2.33. The Bertz CT molecular complexity index is 1290. The Morgan fingerprint density at radius 2 is 1.06 bits per heavy atom. The lowest BCUT2D eigenvalue weighted by Crippen LogP contribution is -2.61. The topological polar surface area (TPSA) is 337 Å². The van der Waals surface area contributed by atoms with E-state index in [0.29, 0.717) is 0 Å². The van der Waals surface area contributed by atoms with Gasteiger partial charge in [-0.05, 0) is 46.0 Å². The third kappa shape index (κ3) is 17.4. The van der Waals surface area contributed by atoms with E-state index in [-0.39, 0.29) is 12.3 Å². The maximum absolute atomic E-state index is 13.0. The molecule has 13 N–H and O–H groups in total. The van der Waals surface area contributed by atoms with Crippen LogP contribution in [0.3, 0.4) is 0 Å². The molecule has 0 saturated heterocycles. The van der Waals surface area contributed by atoms with E-state index in [1.165, 1.54) is 27.7 Å². The number of aliphatic hydroxyl groups is 2. The molecular weight excluding hydrogens is 690 g/mol. The summed E-state index contributed by atoms with van der Waals surface area (Å²) in [6.45, 7) is 9.64. The highest BCUT2D eigenvalue weighted by atomic mass is 16.4. The van der Waals surface area contributed by atoms with Crippen molar-refractivity contribution in [3.05, 3.63) is 0 Å². The largest absolute Gasteiger partial charge is 0.480 e. The van der Waals surface area contributed by atoms with Gasteiger partial charge in [-0.3, -0.25) is 43.2 Å². The van der Waals surface area contributed by atoms with Gasteiger partial charge in [0.2, 0.25) is 47.3 Å². The van der Waals surface area contributed by atoms with Crippen LogP contribution >= 0.6 is 0 Å². The molecule has 8 atom stereocenters. The third-order valence-electron chi connectivity index (χ3n) is 7.24. The number of hydrogen-bond donors (Lipinski definition) is 12. The quantitative estimate of drug-likeness (QED) is 0.0493. The molecule has 0 aliphatic carbocycles. The summed E-state index contributed by atoms with van der Waals surface area (Å²) >= 11 is 0. The van der Waals surface area contributed by atoms with Crippen molar-refractivity contribution in [2.45, 2.75) is 110 Å². The molecule has 8 amide bonds. The molecule has 296 valence electrons. The molecule has 0 fully saturated rings. The Kier molecular flexibility index (Phi) is 20.7. The molecule has 52 heavy (non-hydrogen) atoms.